The van der Waals surface area contributed by atoms with Gasteiger partial charge in [0.1, 0.15) is 17.5 Å². The van der Waals surface area contributed by atoms with Gasteiger partial charge in [-0.05, 0) is 0 Å². The normalized spacial score (nSPS) is 11.6. The van der Waals surface area contributed by atoms with Crippen molar-refractivity contribution in [2.75, 3.05) is 0 Å². The number of hydrogen-bond donors (Lipinski definition) is 1. The summed E-state index contributed by atoms with van der Waals surface area (Å²) in [4.78, 5) is 30.9. The fourth-order valence-corrected chi connectivity index (χ4v) is 2.02. The van der Waals surface area contributed by atoms with Gasteiger partial charge < -0.3 is 5.11 Å². The van der Waals surface area contributed by atoms with Crippen LogP contribution in [-0.4, -0.2) is 26.8 Å². The maximum atomic E-state index is 12.1. The van der Waals surface area contributed by atoms with Crippen LogP contribution >= 0.6 is 0 Å². The van der Waals surface area contributed by atoms with E-state index in [-0.39, 0.29) is 22.9 Å². The average molecular weight is 251 g/mol. The van der Waals surface area contributed by atoms with Gasteiger partial charge in [-0.3, -0.25) is 4.79 Å². The fourth-order valence-electron chi connectivity index (χ4n) is 2.02. The molecule has 1 aromatic carbocycles. The van der Waals surface area contributed by atoms with Crippen molar-refractivity contribution in [3.63, 3.8) is 0 Å². The van der Waals surface area contributed by atoms with Gasteiger partial charge in [0.15, 0.2) is 11.4 Å². The molecular weight excluding hydrogens is 246 g/mol. The van der Waals surface area contributed by atoms with E-state index in [1.807, 2.05) is 0 Å². The smallest absolute Gasteiger partial charge is 0.357 e. The second kappa shape index (κ2) is 3.71. The lowest BCUT2D eigenvalue weighted by molar-refractivity contribution is 0.0689. The Morgan fingerprint density at radius 3 is 2.47 bits per heavy atom. The number of carbonyl (C=O) groups is 2. The van der Waals surface area contributed by atoms with Gasteiger partial charge in [0, 0.05) is 11.1 Å². The molecule has 3 rings (SSSR count). The fraction of sp³-hybridized carbons (Fsp3) is 0. The maximum Gasteiger partial charge on any atom is 0.357 e. The van der Waals surface area contributed by atoms with Crippen molar-refractivity contribution in [2.24, 2.45) is 0 Å². The molecule has 1 heterocycles. The van der Waals surface area contributed by atoms with E-state index in [4.69, 9.17) is 10.4 Å². The zero-order chi connectivity index (χ0) is 13.6. The Morgan fingerprint density at radius 2 is 1.84 bits per heavy atom. The number of rotatable bonds is 1. The summed E-state index contributed by atoms with van der Waals surface area (Å²) in [6.07, 6.45) is 0. The van der Waals surface area contributed by atoms with Crippen LogP contribution in [0.25, 0.3) is 11.3 Å². The van der Waals surface area contributed by atoms with Crippen LogP contribution in [0.1, 0.15) is 32.2 Å². The topological polar surface area (TPSA) is 104 Å². The van der Waals surface area contributed by atoms with Gasteiger partial charge in [0.2, 0.25) is 5.78 Å². The molecule has 0 aliphatic heterocycles. The van der Waals surface area contributed by atoms with Crippen molar-refractivity contribution in [1.29, 1.82) is 5.26 Å². The van der Waals surface area contributed by atoms with Gasteiger partial charge in [-0.1, -0.05) is 24.3 Å². The van der Waals surface area contributed by atoms with Gasteiger partial charge in [0.25, 0.3) is 0 Å². The average Bonchev–Trinajstić information content (AvgIpc) is 2.71. The molecule has 0 atom stereocenters. The summed E-state index contributed by atoms with van der Waals surface area (Å²) in [7, 11) is 0. The Bertz CT molecular complexity index is 790. The SMILES string of the molecule is N#Cc1nc2c(nc1C(=O)O)-c1ccccc1C2=O. The summed E-state index contributed by atoms with van der Waals surface area (Å²) >= 11 is 0. The van der Waals surface area contributed by atoms with E-state index in [1.54, 1.807) is 30.3 Å². The van der Waals surface area contributed by atoms with Crippen LogP contribution in [0.2, 0.25) is 0 Å². The molecule has 0 fully saturated rings. The summed E-state index contributed by atoms with van der Waals surface area (Å²) in [5, 5.41) is 17.9. The third-order valence-electron chi connectivity index (χ3n) is 2.85. The third kappa shape index (κ3) is 1.42. The number of carboxylic acid groups (broad SMARTS) is 1. The monoisotopic (exact) mass is 251 g/mol. The first-order chi connectivity index (χ1) is 9.13. The third-order valence-corrected chi connectivity index (χ3v) is 2.85. The van der Waals surface area contributed by atoms with Crippen LogP contribution in [0.4, 0.5) is 0 Å². The highest BCUT2D eigenvalue weighted by Crippen LogP contribution is 2.34. The number of carboxylic acids is 1. The van der Waals surface area contributed by atoms with E-state index in [0.717, 1.165) is 0 Å². The Morgan fingerprint density at radius 1 is 1.16 bits per heavy atom. The molecule has 6 nitrogen and oxygen atoms in total. The highest BCUT2D eigenvalue weighted by Gasteiger charge is 2.32. The number of hydrogen-bond acceptors (Lipinski definition) is 5. The van der Waals surface area contributed by atoms with Crippen LogP contribution in [-0.2, 0) is 0 Å². The second-order valence-electron chi connectivity index (χ2n) is 3.91. The van der Waals surface area contributed by atoms with Crippen LogP contribution in [0.3, 0.4) is 0 Å². The van der Waals surface area contributed by atoms with Crippen LogP contribution in [0, 0.1) is 11.3 Å². The van der Waals surface area contributed by atoms with Crippen molar-refractivity contribution < 1.29 is 14.7 Å². The summed E-state index contributed by atoms with van der Waals surface area (Å²) < 4.78 is 0. The molecule has 0 saturated heterocycles. The molecule has 0 amide bonds. The van der Waals surface area contributed by atoms with Gasteiger partial charge in [-0.15, -0.1) is 0 Å². The maximum absolute atomic E-state index is 12.1. The zero-order valence-electron chi connectivity index (χ0n) is 9.41. The van der Waals surface area contributed by atoms with Crippen molar-refractivity contribution in [2.45, 2.75) is 0 Å². The molecule has 2 aromatic rings. The zero-order valence-corrected chi connectivity index (χ0v) is 9.41. The number of carbonyl (C=O) groups excluding carboxylic acids is 1. The van der Waals surface area contributed by atoms with Crippen LogP contribution in [0.5, 0.6) is 0 Å². The predicted octanol–water partition coefficient (Wildman–Crippen LogP) is 1.26. The number of ketones is 1. The Labute approximate surface area is 107 Å². The van der Waals surface area contributed by atoms with Crippen molar-refractivity contribution in [3.05, 3.63) is 46.9 Å². The van der Waals surface area contributed by atoms with E-state index in [0.29, 0.717) is 11.1 Å². The summed E-state index contributed by atoms with van der Waals surface area (Å²) in [5.41, 5.74) is 0.420. The largest absolute Gasteiger partial charge is 0.476 e. The summed E-state index contributed by atoms with van der Waals surface area (Å²) in [5.74, 6) is -1.68. The predicted molar refractivity (Wildman–Crippen MR) is 62.6 cm³/mol. The first-order valence-electron chi connectivity index (χ1n) is 5.33. The number of fused-ring (bicyclic) bond motifs is 3. The lowest BCUT2D eigenvalue weighted by Gasteiger charge is -2.01. The second-order valence-corrected chi connectivity index (χ2v) is 3.91. The molecule has 0 bridgehead atoms. The molecular formula is C13H5N3O3. The molecule has 0 radical (unpaired) electrons. The standard InChI is InChI=1S/C13H5N3O3/c14-5-8-10(13(18)19)16-9-6-3-1-2-4-7(6)12(17)11(9)15-8/h1-4H,(H,18,19). The molecule has 1 N–H and O–H groups in total. The molecule has 1 aromatic heterocycles. The Balaban J connectivity index is 2.37. The van der Waals surface area contributed by atoms with Crippen LogP contribution < -0.4 is 0 Å². The number of aromatic nitrogens is 2. The quantitative estimate of drug-likeness (QED) is 0.698. The molecule has 90 valence electrons. The molecule has 0 unspecified atom stereocenters. The van der Waals surface area contributed by atoms with E-state index >= 15 is 0 Å². The van der Waals surface area contributed by atoms with Gasteiger partial charge >= 0.3 is 5.97 Å². The van der Waals surface area contributed by atoms with E-state index in [9.17, 15) is 9.59 Å². The molecule has 19 heavy (non-hydrogen) atoms. The van der Waals surface area contributed by atoms with E-state index in [1.165, 1.54) is 0 Å². The Kier molecular flexibility index (Phi) is 2.16. The first kappa shape index (κ1) is 11.0. The molecule has 0 saturated carbocycles. The molecule has 1 aliphatic carbocycles. The summed E-state index contributed by atoms with van der Waals surface area (Å²) in [6.45, 7) is 0. The van der Waals surface area contributed by atoms with Crippen molar-refractivity contribution in [1.82, 2.24) is 9.97 Å². The Hall–Kier alpha value is -3.07. The van der Waals surface area contributed by atoms with Crippen LogP contribution in [0.15, 0.2) is 24.3 Å². The van der Waals surface area contributed by atoms with E-state index in [2.05, 4.69) is 9.97 Å². The number of aromatic carboxylic acids is 1. The van der Waals surface area contributed by atoms with Crippen molar-refractivity contribution >= 4 is 11.8 Å². The molecule has 1 aliphatic rings. The highest BCUT2D eigenvalue weighted by atomic mass is 16.4. The van der Waals surface area contributed by atoms with Crippen molar-refractivity contribution in [3.8, 4) is 17.3 Å². The molecule has 6 heteroatoms. The minimum Gasteiger partial charge on any atom is -0.476 e. The van der Waals surface area contributed by atoms with E-state index < -0.39 is 11.7 Å². The first-order valence-corrected chi connectivity index (χ1v) is 5.33. The number of benzene rings is 1. The molecule has 0 spiro atoms. The van der Waals surface area contributed by atoms with Gasteiger partial charge in [-0.25, -0.2) is 14.8 Å². The summed E-state index contributed by atoms with van der Waals surface area (Å²) in [6, 6.07) is 8.36. The minimum atomic E-state index is -1.34. The van der Waals surface area contributed by atoms with Gasteiger partial charge in [-0.2, -0.15) is 5.26 Å². The minimum absolute atomic E-state index is 0.0303. The number of nitrogens with zero attached hydrogens (tertiary/aromatic N) is 3. The number of nitriles is 1. The lowest BCUT2D eigenvalue weighted by atomic mass is 10.1. The highest BCUT2D eigenvalue weighted by molar-refractivity contribution is 6.20. The van der Waals surface area contributed by atoms with Gasteiger partial charge in [0.05, 0.1) is 0 Å². The lowest BCUT2D eigenvalue weighted by Crippen LogP contribution is -2.10.